The highest BCUT2D eigenvalue weighted by molar-refractivity contribution is 5.70. The smallest absolute Gasteiger partial charge is 0.194 e. The Morgan fingerprint density at radius 2 is 1.45 bits per heavy atom. The predicted octanol–water partition coefficient (Wildman–Crippen LogP) is 9.41. The van der Waals surface area contributed by atoms with Crippen molar-refractivity contribution in [3.8, 4) is 11.1 Å². The van der Waals surface area contributed by atoms with E-state index < -0.39 is 23.3 Å². The van der Waals surface area contributed by atoms with Crippen LogP contribution in [0.25, 0.3) is 17.2 Å². The molecule has 4 heteroatoms. The van der Waals surface area contributed by atoms with E-state index in [1.807, 2.05) is 6.07 Å². The average molecular weight is 459 g/mol. The summed E-state index contributed by atoms with van der Waals surface area (Å²) >= 11 is 0. The van der Waals surface area contributed by atoms with Gasteiger partial charge < -0.3 is 0 Å². The van der Waals surface area contributed by atoms with Crippen molar-refractivity contribution >= 4 is 6.08 Å². The summed E-state index contributed by atoms with van der Waals surface area (Å²) < 4.78 is 55.7. The minimum absolute atomic E-state index is 0.0202. The van der Waals surface area contributed by atoms with Crippen LogP contribution in [0.15, 0.2) is 29.8 Å². The summed E-state index contributed by atoms with van der Waals surface area (Å²) in [5.41, 5.74) is 2.92. The van der Waals surface area contributed by atoms with E-state index in [-0.39, 0.29) is 11.1 Å². The lowest BCUT2D eigenvalue weighted by molar-refractivity contribution is 0.249. The van der Waals surface area contributed by atoms with Crippen LogP contribution in [0, 0.1) is 35.1 Å². The van der Waals surface area contributed by atoms with Crippen LogP contribution in [0.2, 0.25) is 0 Å². The molecule has 0 saturated heterocycles. The molecule has 0 amide bonds. The predicted molar refractivity (Wildman–Crippen MR) is 127 cm³/mol. The van der Waals surface area contributed by atoms with Crippen molar-refractivity contribution in [3.05, 3.63) is 64.2 Å². The largest absolute Gasteiger partial charge is 0.206 e. The van der Waals surface area contributed by atoms with Crippen LogP contribution in [0.1, 0.15) is 88.7 Å². The van der Waals surface area contributed by atoms with Gasteiger partial charge in [-0.25, -0.2) is 17.6 Å². The standard InChI is InChI=1S/C29H34F4/c1-2-3-4-5-19-6-8-20(9-7-19)10-11-21-12-14-24-22(16-21)13-15-25(28(24)32)23-17-26(30)29(33)27(31)18-23/h13,15-20H,2-12,14H2,1H3. The number of rotatable bonds is 8. The first-order chi connectivity index (χ1) is 16.0. The van der Waals surface area contributed by atoms with Crippen LogP contribution < -0.4 is 0 Å². The van der Waals surface area contributed by atoms with Gasteiger partial charge in [0.25, 0.3) is 0 Å². The highest BCUT2D eigenvalue weighted by Gasteiger charge is 2.23. The van der Waals surface area contributed by atoms with Gasteiger partial charge in [0.15, 0.2) is 17.5 Å². The quantitative estimate of drug-likeness (QED) is 0.210. The molecule has 2 aliphatic carbocycles. The maximum Gasteiger partial charge on any atom is 0.194 e. The highest BCUT2D eigenvalue weighted by Crippen LogP contribution is 2.38. The van der Waals surface area contributed by atoms with Crippen LogP contribution in [0.5, 0.6) is 0 Å². The monoisotopic (exact) mass is 458 g/mol. The Labute approximate surface area is 195 Å². The summed E-state index contributed by atoms with van der Waals surface area (Å²) in [5, 5.41) is 0. The topological polar surface area (TPSA) is 0 Å². The van der Waals surface area contributed by atoms with E-state index in [2.05, 4.69) is 13.0 Å². The van der Waals surface area contributed by atoms with E-state index in [0.29, 0.717) is 12.0 Å². The average Bonchev–Trinajstić information content (AvgIpc) is 2.82. The van der Waals surface area contributed by atoms with E-state index >= 15 is 4.39 Å². The maximum atomic E-state index is 15.2. The van der Waals surface area contributed by atoms with Gasteiger partial charge in [0, 0.05) is 5.56 Å². The van der Waals surface area contributed by atoms with Crippen molar-refractivity contribution in [2.75, 3.05) is 0 Å². The number of benzene rings is 2. The van der Waals surface area contributed by atoms with Crippen molar-refractivity contribution in [1.29, 1.82) is 0 Å². The van der Waals surface area contributed by atoms with Crippen LogP contribution in [0.4, 0.5) is 17.6 Å². The molecule has 1 saturated carbocycles. The van der Waals surface area contributed by atoms with Crippen molar-refractivity contribution in [2.24, 2.45) is 11.8 Å². The lowest BCUT2D eigenvalue weighted by Crippen LogP contribution is -2.15. The van der Waals surface area contributed by atoms with Crippen molar-refractivity contribution in [2.45, 2.75) is 84.0 Å². The number of fused-ring (bicyclic) bond motifs is 1. The molecule has 0 radical (unpaired) electrons. The van der Waals surface area contributed by atoms with E-state index in [1.165, 1.54) is 63.4 Å². The Kier molecular flexibility index (Phi) is 7.93. The SMILES string of the molecule is CCCCCC1CCC(CCC2=Cc3ccc(-c4cc(F)c(F)c(F)c4)c(F)c3CC2)CC1. The van der Waals surface area contributed by atoms with Gasteiger partial charge >= 0.3 is 0 Å². The van der Waals surface area contributed by atoms with Crippen LogP contribution in [-0.4, -0.2) is 0 Å². The van der Waals surface area contributed by atoms with Crippen LogP contribution in [-0.2, 0) is 6.42 Å². The first kappa shape index (κ1) is 24.0. The minimum atomic E-state index is -1.53. The zero-order valence-electron chi connectivity index (χ0n) is 19.5. The van der Waals surface area contributed by atoms with E-state index in [0.717, 1.165) is 42.4 Å². The summed E-state index contributed by atoms with van der Waals surface area (Å²) in [4.78, 5) is 0. The van der Waals surface area contributed by atoms with Crippen molar-refractivity contribution in [3.63, 3.8) is 0 Å². The van der Waals surface area contributed by atoms with Gasteiger partial charge in [-0.1, -0.05) is 82.1 Å². The van der Waals surface area contributed by atoms with E-state index in [4.69, 9.17) is 0 Å². The molecule has 4 rings (SSSR count). The summed E-state index contributed by atoms with van der Waals surface area (Å²) in [6.45, 7) is 2.26. The molecule has 0 heterocycles. The molecular formula is C29H34F4. The van der Waals surface area contributed by atoms with Gasteiger partial charge in [-0.15, -0.1) is 0 Å². The van der Waals surface area contributed by atoms with E-state index in [9.17, 15) is 13.2 Å². The number of unbranched alkanes of at least 4 members (excludes halogenated alkanes) is 2. The molecule has 0 unspecified atom stereocenters. The zero-order valence-corrected chi connectivity index (χ0v) is 19.5. The minimum Gasteiger partial charge on any atom is -0.206 e. The Balaban J connectivity index is 1.37. The lowest BCUT2D eigenvalue weighted by Gasteiger charge is -2.29. The van der Waals surface area contributed by atoms with Crippen LogP contribution >= 0.6 is 0 Å². The normalized spacial score (nSPS) is 20.5. The molecule has 0 N–H and O–H groups in total. The van der Waals surface area contributed by atoms with Gasteiger partial charge in [-0.3, -0.25) is 0 Å². The number of hydrogen-bond acceptors (Lipinski definition) is 0. The summed E-state index contributed by atoms with van der Waals surface area (Å²) in [6, 6.07) is 5.06. The molecule has 1 fully saturated rings. The fourth-order valence-electron chi connectivity index (χ4n) is 5.62. The molecule has 0 aromatic heterocycles. The third-order valence-electron chi connectivity index (χ3n) is 7.69. The second kappa shape index (κ2) is 10.9. The number of allylic oxidation sites excluding steroid dienone is 1. The molecule has 0 bridgehead atoms. The highest BCUT2D eigenvalue weighted by atomic mass is 19.2. The third kappa shape index (κ3) is 5.70. The lowest BCUT2D eigenvalue weighted by atomic mass is 9.77. The number of hydrogen-bond donors (Lipinski definition) is 0. The fourth-order valence-corrected chi connectivity index (χ4v) is 5.62. The Bertz CT molecular complexity index is 976. The molecule has 0 aliphatic heterocycles. The fraction of sp³-hybridized carbons (Fsp3) is 0.517. The second-order valence-corrected chi connectivity index (χ2v) is 9.97. The van der Waals surface area contributed by atoms with Gasteiger partial charge in [-0.05, 0) is 66.3 Å². The van der Waals surface area contributed by atoms with Crippen LogP contribution in [0.3, 0.4) is 0 Å². The first-order valence-corrected chi connectivity index (χ1v) is 12.6. The molecule has 2 aromatic carbocycles. The molecule has 33 heavy (non-hydrogen) atoms. The summed E-state index contributed by atoms with van der Waals surface area (Å²) in [5.74, 6) is -2.88. The maximum absolute atomic E-state index is 15.2. The molecular weight excluding hydrogens is 424 g/mol. The Hall–Kier alpha value is -2.10. The molecule has 0 nitrogen and oxygen atoms in total. The molecule has 178 valence electrons. The van der Waals surface area contributed by atoms with Crippen molar-refractivity contribution in [1.82, 2.24) is 0 Å². The van der Waals surface area contributed by atoms with Gasteiger partial charge in [-0.2, -0.15) is 0 Å². The van der Waals surface area contributed by atoms with Gasteiger partial charge in [0.05, 0.1) is 0 Å². The molecule has 0 spiro atoms. The second-order valence-electron chi connectivity index (χ2n) is 9.97. The molecule has 2 aliphatic rings. The Morgan fingerprint density at radius 3 is 2.12 bits per heavy atom. The van der Waals surface area contributed by atoms with Gasteiger partial charge in [0.2, 0.25) is 0 Å². The summed E-state index contributed by atoms with van der Waals surface area (Å²) in [6.07, 6.45) is 16.6. The third-order valence-corrected chi connectivity index (χ3v) is 7.69. The first-order valence-electron chi connectivity index (χ1n) is 12.6. The van der Waals surface area contributed by atoms with E-state index in [1.54, 1.807) is 6.07 Å². The van der Waals surface area contributed by atoms with Crippen molar-refractivity contribution < 1.29 is 17.6 Å². The molecule has 2 aromatic rings. The number of halogens is 4. The van der Waals surface area contributed by atoms with Gasteiger partial charge in [0.1, 0.15) is 5.82 Å². The Morgan fingerprint density at radius 1 is 0.788 bits per heavy atom. The zero-order chi connectivity index (χ0) is 23.4. The summed E-state index contributed by atoms with van der Waals surface area (Å²) in [7, 11) is 0. The molecule has 0 atom stereocenters.